The summed E-state index contributed by atoms with van der Waals surface area (Å²) in [7, 11) is 0. The molecule has 0 aromatic heterocycles. The topological polar surface area (TPSA) is 0 Å². The fourth-order valence-electron chi connectivity index (χ4n) is 5.46. The van der Waals surface area contributed by atoms with Gasteiger partial charge in [0.1, 0.15) is 0 Å². The Morgan fingerprint density at radius 1 is 1.00 bits per heavy atom. The van der Waals surface area contributed by atoms with Crippen molar-refractivity contribution in [1.29, 1.82) is 0 Å². The van der Waals surface area contributed by atoms with E-state index in [9.17, 15) is 0 Å². The molecule has 60 valence electrons. The van der Waals surface area contributed by atoms with Gasteiger partial charge < -0.3 is 0 Å². The summed E-state index contributed by atoms with van der Waals surface area (Å²) in [5.74, 6) is 2.39. The van der Waals surface area contributed by atoms with E-state index in [1.54, 1.807) is 44.9 Å². The lowest BCUT2D eigenvalue weighted by Gasteiger charge is -2.35. The van der Waals surface area contributed by atoms with Crippen LogP contribution in [0.3, 0.4) is 0 Å². The fraction of sp³-hybridized carbons (Fsp3) is 1.00. The Hall–Kier alpha value is 0. The van der Waals surface area contributed by atoms with E-state index in [4.69, 9.17) is 0 Å². The number of hydrogen-bond donors (Lipinski definition) is 0. The van der Waals surface area contributed by atoms with E-state index >= 15 is 0 Å². The van der Waals surface area contributed by atoms with E-state index in [0.29, 0.717) is 0 Å². The second-order valence-corrected chi connectivity index (χ2v) is 5.95. The van der Waals surface area contributed by atoms with Gasteiger partial charge in [0.2, 0.25) is 0 Å². The third-order valence-electron chi connectivity index (χ3n) is 5.46. The molecule has 5 rings (SSSR count). The molecular formula is C11H16. The molecule has 4 bridgehead atoms. The Labute approximate surface area is 68.4 Å². The van der Waals surface area contributed by atoms with Crippen molar-refractivity contribution < 1.29 is 0 Å². The molecule has 5 aliphatic carbocycles. The standard InChI is InChI=1S/C11H16/c1-2-11-5-8-3-9(11)6-10(1,4-8)7-11/h8-9H,1-7H2. The largest absolute Gasteiger partial charge is 0.0470 e. The van der Waals surface area contributed by atoms with Crippen molar-refractivity contribution in [3.63, 3.8) is 0 Å². The minimum atomic E-state index is 0.922. The van der Waals surface area contributed by atoms with E-state index in [1.807, 2.05) is 0 Å². The zero-order valence-corrected chi connectivity index (χ0v) is 7.10. The quantitative estimate of drug-likeness (QED) is 0.495. The molecule has 0 N–H and O–H groups in total. The first-order valence-electron chi connectivity index (χ1n) is 5.30. The molecule has 5 aliphatic rings. The highest BCUT2D eigenvalue weighted by Crippen LogP contribution is 2.77. The van der Waals surface area contributed by atoms with E-state index in [1.165, 1.54) is 11.8 Å². The number of rotatable bonds is 0. The van der Waals surface area contributed by atoms with E-state index < -0.39 is 0 Å². The lowest BCUT2D eigenvalue weighted by Crippen LogP contribution is -2.24. The molecule has 0 aromatic carbocycles. The molecule has 5 saturated carbocycles. The maximum Gasteiger partial charge on any atom is -0.0261 e. The van der Waals surface area contributed by atoms with Crippen LogP contribution in [-0.4, -0.2) is 0 Å². The van der Waals surface area contributed by atoms with Crippen LogP contribution in [0.15, 0.2) is 0 Å². The first kappa shape index (κ1) is 5.61. The Kier molecular flexibility index (Phi) is 0.661. The first-order valence-corrected chi connectivity index (χ1v) is 5.30. The molecule has 11 heavy (non-hydrogen) atoms. The van der Waals surface area contributed by atoms with Crippen molar-refractivity contribution in [3.8, 4) is 0 Å². The second kappa shape index (κ2) is 1.30. The van der Waals surface area contributed by atoms with Crippen molar-refractivity contribution in [1.82, 2.24) is 0 Å². The minimum absolute atomic E-state index is 0.922. The molecule has 2 spiro atoms. The SMILES string of the molecule is C1C2CC34CCC(C2)(C3)C1C4. The van der Waals surface area contributed by atoms with Crippen LogP contribution >= 0.6 is 0 Å². The third kappa shape index (κ3) is 0.443. The van der Waals surface area contributed by atoms with Gasteiger partial charge in [0.25, 0.3) is 0 Å². The average Bonchev–Trinajstić information content (AvgIpc) is 2.43. The molecule has 0 aliphatic heterocycles. The summed E-state index contributed by atoms with van der Waals surface area (Å²) < 4.78 is 0. The van der Waals surface area contributed by atoms with Crippen molar-refractivity contribution in [3.05, 3.63) is 0 Å². The average molecular weight is 148 g/mol. The molecular weight excluding hydrogens is 132 g/mol. The third-order valence-corrected chi connectivity index (χ3v) is 5.46. The second-order valence-electron chi connectivity index (χ2n) is 5.95. The summed E-state index contributed by atoms with van der Waals surface area (Å²) >= 11 is 0. The molecule has 0 amide bonds. The fourth-order valence-corrected chi connectivity index (χ4v) is 5.46. The molecule has 0 heteroatoms. The van der Waals surface area contributed by atoms with Gasteiger partial charge in [0.05, 0.1) is 0 Å². The lowest BCUT2D eigenvalue weighted by atomic mass is 9.70. The van der Waals surface area contributed by atoms with Crippen LogP contribution in [0, 0.1) is 22.7 Å². The van der Waals surface area contributed by atoms with Crippen LogP contribution in [0.5, 0.6) is 0 Å². The molecule has 0 radical (unpaired) electrons. The van der Waals surface area contributed by atoms with E-state index in [0.717, 1.165) is 10.8 Å². The zero-order chi connectivity index (χ0) is 7.10. The molecule has 0 aromatic rings. The van der Waals surface area contributed by atoms with Crippen LogP contribution < -0.4 is 0 Å². The summed E-state index contributed by atoms with van der Waals surface area (Å²) in [6.07, 6.45) is 11.4. The summed E-state index contributed by atoms with van der Waals surface area (Å²) in [6, 6.07) is 0. The number of hydrogen-bond acceptors (Lipinski definition) is 0. The normalized spacial score (nSPS) is 69.8. The van der Waals surface area contributed by atoms with Crippen molar-refractivity contribution in [2.24, 2.45) is 22.7 Å². The van der Waals surface area contributed by atoms with Crippen molar-refractivity contribution in [2.45, 2.75) is 44.9 Å². The van der Waals surface area contributed by atoms with Gasteiger partial charge >= 0.3 is 0 Å². The van der Waals surface area contributed by atoms with Gasteiger partial charge in [-0.3, -0.25) is 0 Å². The molecule has 4 unspecified atom stereocenters. The van der Waals surface area contributed by atoms with Crippen LogP contribution in [0.2, 0.25) is 0 Å². The van der Waals surface area contributed by atoms with Gasteiger partial charge in [0.15, 0.2) is 0 Å². The predicted molar refractivity (Wildman–Crippen MR) is 44.2 cm³/mol. The van der Waals surface area contributed by atoms with Gasteiger partial charge in [-0.2, -0.15) is 0 Å². The van der Waals surface area contributed by atoms with E-state index in [-0.39, 0.29) is 0 Å². The van der Waals surface area contributed by atoms with Gasteiger partial charge in [-0.15, -0.1) is 0 Å². The Bertz CT molecular complexity index is 226. The smallest absolute Gasteiger partial charge is 0.0261 e. The Morgan fingerprint density at radius 2 is 2.00 bits per heavy atom. The van der Waals surface area contributed by atoms with Crippen LogP contribution in [0.1, 0.15) is 44.9 Å². The first-order chi connectivity index (χ1) is 5.30. The highest BCUT2D eigenvalue weighted by Gasteiger charge is 2.67. The van der Waals surface area contributed by atoms with Gasteiger partial charge in [0, 0.05) is 0 Å². The molecule has 0 heterocycles. The van der Waals surface area contributed by atoms with Crippen molar-refractivity contribution in [2.75, 3.05) is 0 Å². The zero-order valence-electron chi connectivity index (χ0n) is 7.10. The summed E-state index contributed by atoms with van der Waals surface area (Å²) in [5, 5.41) is 0. The maximum absolute atomic E-state index is 1.65. The Balaban J connectivity index is 1.97. The Morgan fingerprint density at radius 3 is 2.82 bits per heavy atom. The van der Waals surface area contributed by atoms with Crippen LogP contribution in [-0.2, 0) is 0 Å². The van der Waals surface area contributed by atoms with Gasteiger partial charge in [-0.1, -0.05) is 0 Å². The minimum Gasteiger partial charge on any atom is -0.0470 e. The molecule has 4 atom stereocenters. The van der Waals surface area contributed by atoms with Crippen LogP contribution in [0.4, 0.5) is 0 Å². The van der Waals surface area contributed by atoms with Crippen LogP contribution in [0.25, 0.3) is 0 Å². The monoisotopic (exact) mass is 148 g/mol. The van der Waals surface area contributed by atoms with Gasteiger partial charge in [-0.05, 0) is 67.6 Å². The molecule has 5 fully saturated rings. The summed E-state index contributed by atoms with van der Waals surface area (Å²) in [4.78, 5) is 0. The predicted octanol–water partition coefficient (Wildman–Crippen LogP) is 2.98. The summed E-state index contributed by atoms with van der Waals surface area (Å²) in [5.41, 5.74) is 1.86. The van der Waals surface area contributed by atoms with Crippen molar-refractivity contribution >= 4 is 0 Å². The highest BCUT2D eigenvalue weighted by molar-refractivity contribution is 5.17. The molecule has 0 saturated heterocycles. The summed E-state index contributed by atoms with van der Waals surface area (Å²) in [6.45, 7) is 0. The maximum atomic E-state index is 1.65. The van der Waals surface area contributed by atoms with E-state index in [2.05, 4.69) is 0 Å². The molecule has 0 nitrogen and oxygen atoms in total. The lowest BCUT2D eigenvalue weighted by molar-refractivity contribution is 0.157. The van der Waals surface area contributed by atoms with Gasteiger partial charge in [-0.25, -0.2) is 0 Å². The highest BCUT2D eigenvalue weighted by atomic mass is 14.7.